The van der Waals surface area contributed by atoms with Crippen molar-refractivity contribution in [3.05, 3.63) is 72.9 Å². The molecule has 9 nitrogen and oxygen atoms in total. The number of hydrogen-bond acceptors (Lipinski definition) is 7. The molecule has 0 aliphatic heterocycles. The highest BCUT2D eigenvalue weighted by molar-refractivity contribution is 5.71. The maximum Gasteiger partial charge on any atom is 0.361 e. The molecule has 0 aliphatic carbocycles. The molecular formula is C52H90NO8+. The summed E-state index contributed by atoms with van der Waals surface area (Å²) < 4.78 is 22.8. The molecule has 0 spiro atoms. The smallest absolute Gasteiger partial charge is 0.361 e. The Hall–Kier alpha value is -3.27. The highest BCUT2D eigenvalue weighted by Gasteiger charge is 2.25. The molecule has 2 atom stereocenters. The Morgan fingerprint density at radius 3 is 1.39 bits per heavy atom. The number of ether oxygens (including phenoxy) is 4. The molecule has 0 aromatic heterocycles. The van der Waals surface area contributed by atoms with Crippen molar-refractivity contribution in [1.29, 1.82) is 0 Å². The Bertz CT molecular complexity index is 1230. The van der Waals surface area contributed by atoms with Crippen LogP contribution in [0.15, 0.2) is 72.9 Å². The first-order valence-electron chi connectivity index (χ1n) is 24.1. The average Bonchev–Trinajstić information content (AvgIpc) is 3.22. The normalized spacial score (nSPS) is 13.5. The Morgan fingerprint density at radius 2 is 0.934 bits per heavy atom. The minimum Gasteiger partial charge on any atom is -0.477 e. The van der Waals surface area contributed by atoms with E-state index in [9.17, 15) is 19.5 Å². The van der Waals surface area contributed by atoms with E-state index in [0.717, 1.165) is 103 Å². The predicted molar refractivity (Wildman–Crippen MR) is 253 cm³/mol. The van der Waals surface area contributed by atoms with Crippen molar-refractivity contribution in [2.75, 3.05) is 47.5 Å². The molecule has 61 heavy (non-hydrogen) atoms. The standard InChI is InChI=1S/C52H89NO8/c1-6-8-10-12-14-16-18-20-22-24-25-27-29-31-33-35-37-39-41-43-50(55)61-48(47-60-52(51(56)57)58-45-44-53(3,4)5)46-59-49(54)42-40-38-36-34-32-30-28-26-23-21-19-17-15-13-11-9-7-2/h8,10,14-17,20-23,25,27,48,52H,6-7,9,11-13,18-19,24,26,28-47H2,1-5H3/p+1/b10-8-,16-14-,17-15-,22-20-,23-21-,27-25-. The number of carbonyl (C=O) groups is 3. The number of rotatable bonds is 43. The fourth-order valence-corrected chi connectivity index (χ4v) is 6.21. The summed E-state index contributed by atoms with van der Waals surface area (Å²) in [5.41, 5.74) is 0. The Kier molecular flexibility index (Phi) is 41.1. The van der Waals surface area contributed by atoms with Crippen LogP contribution in [0, 0.1) is 0 Å². The SMILES string of the molecule is CC/C=C\C/C=C\C/C=C\C/C=C\CCCCCCCCC(=O)OC(COC(=O)CCCCCCCCC/C=C\C/C=C\CCCCC)COC(OCC[N+](C)(C)C)C(=O)O. The van der Waals surface area contributed by atoms with Crippen LogP contribution in [0.2, 0.25) is 0 Å². The molecule has 0 saturated carbocycles. The number of esters is 2. The van der Waals surface area contributed by atoms with Gasteiger partial charge in [0.15, 0.2) is 6.10 Å². The lowest BCUT2D eigenvalue weighted by molar-refractivity contribution is -0.870. The number of hydrogen-bond donors (Lipinski definition) is 1. The number of carboxylic acids is 1. The third-order valence-electron chi connectivity index (χ3n) is 9.95. The van der Waals surface area contributed by atoms with E-state index in [4.69, 9.17) is 18.9 Å². The molecule has 0 heterocycles. The average molecular weight is 857 g/mol. The lowest BCUT2D eigenvalue weighted by Crippen LogP contribution is -2.40. The topological polar surface area (TPSA) is 108 Å². The number of carboxylic acid groups (broad SMARTS) is 1. The predicted octanol–water partition coefficient (Wildman–Crippen LogP) is 13.1. The maximum absolute atomic E-state index is 12.8. The van der Waals surface area contributed by atoms with Crippen molar-refractivity contribution < 1.29 is 42.9 Å². The molecule has 9 heteroatoms. The Labute approximate surface area is 373 Å². The number of nitrogens with zero attached hydrogens (tertiary/aromatic N) is 1. The highest BCUT2D eigenvalue weighted by atomic mass is 16.7. The van der Waals surface area contributed by atoms with E-state index in [1.807, 2.05) is 21.1 Å². The van der Waals surface area contributed by atoms with E-state index >= 15 is 0 Å². The monoisotopic (exact) mass is 857 g/mol. The zero-order valence-electron chi connectivity index (χ0n) is 39.5. The molecule has 0 radical (unpaired) electrons. The van der Waals surface area contributed by atoms with Crippen molar-refractivity contribution in [3.8, 4) is 0 Å². The van der Waals surface area contributed by atoms with Gasteiger partial charge in [0.1, 0.15) is 13.2 Å². The van der Waals surface area contributed by atoms with Crippen molar-refractivity contribution >= 4 is 17.9 Å². The number of allylic oxidation sites excluding steroid dienone is 12. The second kappa shape index (κ2) is 43.4. The molecule has 2 unspecified atom stereocenters. The Morgan fingerprint density at radius 1 is 0.508 bits per heavy atom. The van der Waals surface area contributed by atoms with Crippen LogP contribution in [0.5, 0.6) is 0 Å². The van der Waals surface area contributed by atoms with Gasteiger partial charge in [-0.3, -0.25) is 9.59 Å². The third-order valence-corrected chi connectivity index (χ3v) is 9.95. The van der Waals surface area contributed by atoms with Crippen LogP contribution in [0.1, 0.15) is 181 Å². The number of aliphatic carboxylic acids is 1. The molecule has 0 amide bonds. The first kappa shape index (κ1) is 57.7. The molecule has 0 rings (SSSR count). The molecule has 0 aliphatic rings. The summed E-state index contributed by atoms with van der Waals surface area (Å²) >= 11 is 0. The van der Waals surface area contributed by atoms with E-state index < -0.39 is 24.3 Å². The van der Waals surface area contributed by atoms with Crippen LogP contribution in [0.3, 0.4) is 0 Å². The maximum atomic E-state index is 12.8. The van der Waals surface area contributed by atoms with Crippen LogP contribution in [-0.2, 0) is 33.3 Å². The molecule has 0 aromatic carbocycles. The first-order chi connectivity index (χ1) is 29.6. The van der Waals surface area contributed by atoms with Crippen LogP contribution in [0.25, 0.3) is 0 Å². The second-order valence-electron chi connectivity index (χ2n) is 17.0. The van der Waals surface area contributed by atoms with Gasteiger partial charge in [0.05, 0.1) is 34.4 Å². The summed E-state index contributed by atoms with van der Waals surface area (Å²) in [6, 6.07) is 0. The zero-order chi connectivity index (χ0) is 44.9. The van der Waals surface area contributed by atoms with Crippen molar-refractivity contribution in [3.63, 3.8) is 0 Å². The molecule has 0 saturated heterocycles. The van der Waals surface area contributed by atoms with Crippen molar-refractivity contribution in [2.24, 2.45) is 0 Å². The molecule has 0 fully saturated rings. The zero-order valence-corrected chi connectivity index (χ0v) is 39.5. The largest absolute Gasteiger partial charge is 0.477 e. The number of likely N-dealkylation sites (N-methyl/N-ethyl adjacent to an activating group) is 1. The van der Waals surface area contributed by atoms with Gasteiger partial charge in [-0.25, -0.2) is 4.79 Å². The second-order valence-corrected chi connectivity index (χ2v) is 17.0. The van der Waals surface area contributed by atoms with Gasteiger partial charge < -0.3 is 28.5 Å². The lowest BCUT2D eigenvalue weighted by atomic mass is 10.1. The van der Waals surface area contributed by atoms with Gasteiger partial charge >= 0.3 is 17.9 Å². The van der Waals surface area contributed by atoms with Gasteiger partial charge in [-0.05, 0) is 83.5 Å². The molecule has 350 valence electrons. The summed E-state index contributed by atoms with van der Waals surface area (Å²) in [6.45, 7) is 4.69. The summed E-state index contributed by atoms with van der Waals surface area (Å²) in [4.78, 5) is 37.2. The highest BCUT2D eigenvalue weighted by Crippen LogP contribution is 2.13. The fourth-order valence-electron chi connectivity index (χ4n) is 6.21. The molecular weight excluding hydrogens is 767 g/mol. The summed E-state index contributed by atoms with van der Waals surface area (Å²) in [7, 11) is 5.94. The van der Waals surface area contributed by atoms with Gasteiger partial charge in [0.25, 0.3) is 6.29 Å². The third kappa shape index (κ3) is 44.6. The van der Waals surface area contributed by atoms with E-state index in [0.29, 0.717) is 17.4 Å². The van der Waals surface area contributed by atoms with Gasteiger partial charge in [0.2, 0.25) is 0 Å². The quantitative estimate of drug-likeness (QED) is 0.0212. The van der Waals surface area contributed by atoms with Gasteiger partial charge in [-0.1, -0.05) is 157 Å². The minimum absolute atomic E-state index is 0.180. The van der Waals surface area contributed by atoms with E-state index in [2.05, 4.69) is 86.8 Å². The van der Waals surface area contributed by atoms with Crippen LogP contribution < -0.4 is 0 Å². The Balaban J connectivity index is 4.44. The van der Waals surface area contributed by atoms with Crippen molar-refractivity contribution in [1.82, 2.24) is 0 Å². The van der Waals surface area contributed by atoms with Crippen molar-refractivity contribution in [2.45, 2.75) is 193 Å². The van der Waals surface area contributed by atoms with Gasteiger partial charge in [-0.15, -0.1) is 0 Å². The summed E-state index contributed by atoms with van der Waals surface area (Å²) in [5.74, 6) is -2.04. The van der Waals surface area contributed by atoms with E-state index in [-0.39, 0.29) is 38.6 Å². The first-order valence-corrected chi connectivity index (χ1v) is 24.1. The minimum atomic E-state index is -1.52. The van der Waals surface area contributed by atoms with Crippen LogP contribution in [0.4, 0.5) is 0 Å². The van der Waals surface area contributed by atoms with E-state index in [1.54, 1.807) is 0 Å². The van der Waals surface area contributed by atoms with Crippen LogP contribution in [-0.4, -0.2) is 87.4 Å². The number of quaternary nitrogens is 1. The fraction of sp³-hybridized carbons (Fsp3) is 0.712. The molecule has 1 N–H and O–H groups in total. The lowest BCUT2D eigenvalue weighted by Gasteiger charge is -2.25. The van der Waals surface area contributed by atoms with E-state index in [1.165, 1.54) is 44.9 Å². The molecule has 0 bridgehead atoms. The molecule has 0 aromatic rings. The number of unbranched alkanes of at least 4 members (excludes halogenated alkanes) is 16. The number of carbonyl (C=O) groups excluding carboxylic acids is 2. The summed E-state index contributed by atoms with van der Waals surface area (Å²) in [5, 5.41) is 9.65. The van der Waals surface area contributed by atoms with Gasteiger partial charge in [-0.2, -0.15) is 0 Å². The summed E-state index contributed by atoms with van der Waals surface area (Å²) in [6.07, 6.45) is 51.0. The van der Waals surface area contributed by atoms with Crippen LogP contribution >= 0.6 is 0 Å². The van der Waals surface area contributed by atoms with Gasteiger partial charge in [0, 0.05) is 12.8 Å².